The van der Waals surface area contributed by atoms with Crippen LogP contribution in [0.3, 0.4) is 0 Å². The molecule has 0 saturated heterocycles. The van der Waals surface area contributed by atoms with E-state index >= 15 is 0 Å². The van der Waals surface area contributed by atoms with E-state index in [4.69, 9.17) is 5.26 Å². The van der Waals surface area contributed by atoms with Crippen molar-refractivity contribution in [3.05, 3.63) is 53.9 Å². The average molecular weight is 302 g/mol. The molecule has 6 nitrogen and oxygen atoms in total. The van der Waals surface area contributed by atoms with Crippen LogP contribution in [-0.4, -0.2) is 20.4 Å². The van der Waals surface area contributed by atoms with Gasteiger partial charge in [-0.25, -0.2) is 13.4 Å². The summed E-state index contributed by atoms with van der Waals surface area (Å²) in [7, 11) is -1.94. The number of anilines is 1. The third kappa shape index (κ3) is 3.56. The summed E-state index contributed by atoms with van der Waals surface area (Å²) < 4.78 is 27.1. The number of para-hydroxylation sites is 1. The normalized spacial score (nSPS) is 10.9. The number of sulfonamides is 1. The lowest BCUT2D eigenvalue weighted by atomic mass is 10.2. The van der Waals surface area contributed by atoms with E-state index in [1.807, 2.05) is 18.2 Å². The van der Waals surface area contributed by atoms with Crippen molar-refractivity contribution < 1.29 is 8.42 Å². The van der Waals surface area contributed by atoms with Gasteiger partial charge in [-0.2, -0.15) is 5.26 Å². The predicted octanol–water partition coefficient (Wildman–Crippen LogP) is 1.47. The van der Waals surface area contributed by atoms with Gasteiger partial charge in [-0.3, -0.25) is 4.72 Å². The second-order valence-corrected chi connectivity index (χ2v) is 5.97. The van der Waals surface area contributed by atoms with E-state index in [-0.39, 0.29) is 10.6 Å². The summed E-state index contributed by atoms with van der Waals surface area (Å²) in [6, 6.07) is 11.7. The maximum Gasteiger partial charge on any atom is 0.263 e. The number of rotatable bonds is 5. The number of hydrogen-bond acceptors (Lipinski definition) is 5. The van der Waals surface area contributed by atoms with Crippen molar-refractivity contribution >= 4 is 15.7 Å². The van der Waals surface area contributed by atoms with E-state index < -0.39 is 10.0 Å². The third-order valence-electron chi connectivity index (χ3n) is 2.79. The van der Waals surface area contributed by atoms with Crippen LogP contribution in [0.2, 0.25) is 0 Å². The summed E-state index contributed by atoms with van der Waals surface area (Å²) in [5.74, 6) is 0. The first-order valence-electron chi connectivity index (χ1n) is 6.18. The van der Waals surface area contributed by atoms with Crippen LogP contribution in [0.15, 0.2) is 47.5 Å². The van der Waals surface area contributed by atoms with E-state index in [2.05, 4.69) is 15.0 Å². The van der Waals surface area contributed by atoms with E-state index in [9.17, 15) is 8.42 Å². The molecule has 0 unspecified atom stereocenters. The van der Waals surface area contributed by atoms with Crippen molar-refractivity contribution in [3.8, 4) is 6.07 Å². The molecule has 0 atom stereocenters. The van der Waals surface area contributed by atoms with Crippen molar-refractivity contribution in [2.24, 2.45) is 0 Å². The molecule has 1 aromatic heterocycles. The zero-order chi connectivity index (χ0) is 15.3. The van der Waals surface area contributed by atoms with E-state index in [0.29, 0.717) is 12.2 Å². The highest BCUT2D eigenvalue weighted by molar-refractivity contribution is 7.92. The van der Waals surface area contributed by atoms with Gasteiger partial charge in [0, 0.05) is 12.7 Å². The van der Waals surface area contributed by atoms with Crippen LogP contribution in [-0.2, 0) is 16.6 Å². The Labute approximate surface area is 123 Å². The number of pyridine rings is 1. The van der Waals surface area contributed by atoms with Gasteiger partial charge in [-0.1, -0.05) is 18.2 Å². The summed E-state index contributed by atoms with van der Waals surface area (Å²) in [5.41, 5.74) is 1.52. The topological polar surface area (TPSA) is 94.9 Å². The van der Waals surface area contributed by atoms with Crippen molar-refractivity contribution in [2.45, 2.75) is 11.4 Å². The third-order valence-corrected chi connectivity index (χ3v) is 4.14. The molecular weight excluding hydrogens is 288 g/mol. The highest BCUT2D eigenvalue weighted by Gasteiger charge is 2.16. The minimum absolute atomic E-state index is 0.0146. The zero-order valence-electron chi connectivity index (χ0n) is 11.4. The van der Waals surface area contributed by atoms with Gasteiger partial charge in [-0.15, -0.1) is 0 Å². The lowest BCUT2D eigenvalue weighted by Gasteiger charge is -2.12. The maximum absolute atomic E-state index is 12.3. The van der Waals surface area contributed by atoms with Gasteiger partial charge in [0.15, 0.2) is 0 Å². The first-order chi connectivity index (χ1) is 10.1. The maximum atomic E-state index is 12.3. The highest BCUT2D eigenvalue weighted by atomic mass is 32.2. The fourth-order valence-electron chi connectivity index (χ4n) is 1.77. The molecule has 1 heterocycles. The van der Waals surface area contributed by atoms with Gasteiger partial charge < -0.3 is 5.32 Å². The van der Waals surface area contributed by atoms with Crippen LogP contribution in [0, 0.1) is 11.3 Å². The molecule has 1 aromatic carbocycles. The standard InChI is InChI=1S/C14H14N4O2S/c1-16-9-11-4-2-3-5-14(11)18-21(19,20)13-7-6-12(8-15)17-10-13/h2-7,10,16,18H,9H2,1H3. The minimum atomic E-state index is -3.73. The van der Waals surface area contributed by atoms with E-state index in [1.54, 1.807) is 19.2 Å². The minimum Gasteiger partial charge on any atom is -0.316 e. The Morgan fingerprint density at radius 1 is 1.24 bits per heavy atom. The van der Waals surface area contributed by atoms with Crippen molar-refractivity contribution in [2.75, 3.05) is 11.8 Å². The summed E-state index contributed by atoms with van der Waals surface area (Å²) in [4.78, 5) is 3.79. The molecule has 2 aromatic rings. The average Bonchev–Trinajstić information content (AvgIpc) is 2.49. The monoisotopic (exact) mass is 302 g/mol. The lowest BCUT2D eigenvalue weighted by molar-refractivity contribution is 0.600. The first-order valence-corrected chi connectivity index (χ1v) is 7.66. The molecule has 0 fully saturated rings. The van der Waals surface area contributed by atoms with Gasteiger partial charge in [0.1, 0.15) is 16.7 Å². The first kappa shape index (κ1) is 15.0. The van der Waals surface area contributed by atoms with Crippen molar-refractivity contribution in [1.29, 1.82) is 5.26 Å². The van der Waals surface area contributed by atoms with Gasteiger partial charge in [-0.05, 0) is 30.8 Å². The SMILES string of the molecule is CNCc1ccccc1NS(=O)(=O)c1ccc(C#N)nc1. The second-order valence-electron chi connectivity index (χ2n) is 4.28. The summed E-state index contributed by atoms with van der Waals surface area (Å²) in [6.45, 7) is 0.546. The van der Waals surface area contributed by atoms with Gasteiger partial charge >= 0.3 is 0 Å². The molecule has 0 aliphatic carbocycles. The fourth-order valence-corrected chi connectivity index (χ4v) is 2.82. The molecule has 2 N–H and O–H groups in total. The number of nitriles is 1. The van der Waals surface area contributed by atoms with Gasteiger partial charge in [0.05, 0.1) is 5.69 Å². The fraction of sp³-hybridized carbons (Fsp3) is 0.143. The smallest absolute Gasteiger partial charge is 0.263 e. The number of nitrogens with one attached hydrogen (secondary N) is 2. The molecule has 0 aliphatic heterocycles. The molecule has 21 heavy (non-hydrogen) atoms. The quantitative estimate of drug-likeness (QED) is 0.872. The molecule has 108 valence electrons. The van der Waals surface area contributed by atoms with Crippen LogP contribution in [0.4, 0.5) is 5.69 Å². The Hall–Kier alpha value is -2.43. The van der Waals surface area contributed by atoms with Gasteiger partial charge in [0.2, 0.25) is 0 Å². The Morgan fingerprint density at radius 2 is 2.00 bits per heavy atom. The number of hydrogen-bond donors (Lipinski definition) is 2. The molecule has 0 amide bonds. The van der Waals surface area contributed by atoms with E-state index in [0.717, 1.165) is 5.56 Å². The number of nitrogens with zero attached hydrogens (tertiary/aromatic N) is 2. The zero-order valence-corrected chi connectivity index (χ0v) is 12.2. The molecule has 0 aliphatic rings. The molecule has 0 spiro atoms. The predicted molar refractivity (Wildman–Crippen MR) is 79.0 cm³/mol. The van der Waals surface area contributed by atoms with Crippen LogP contribution in [0.5, 0.6) is 0 Å². The largest absolute Gasteiger partial charge is 0.316 e. The van der Waals surface area contributed by atoms with Crippen LogP contribution in [0.1, 0.15) is 11.3 Å². The van der Waals surface area contributed by atoms with Gasteiger partial charge in [0.25, 0.3) is 10.0 Å². The molecule has 7 heteroatoms. The van der Waals surface area contributed by atoms with Crippen LogP contribution >= 0.6 is 0 Å². The van der Waals surface area contributed by atoms with Crippen molar-refractivity contribution in [1.82, 2.24) is 10.3 Å². The van der Waals surface area contributed by atoms with Crippen molar-refractivity contribution in [3.63, 3.8) is 0 Å². The molecule has 2 rings (SSSR count). The molecule has 0 bridgehead atoms. The van der Waals surface area contributed by atoms with Crippen LogP contribution in [0.25, 0.3) is 0 Å². The lowest BCUT2D eigenvalue weighted by Crippen LogP contribution is -2.16. The van der Waals surface area contributed by atoms with E-state index in [1.165, 1.54) is 18.3 Å². The second kappa shape index (κ2) is 6.35. The summed E-state index contributed by atoms with van der Waals surface area (Å²) in [6.07, 6.45) is 1.17. The molecule has 0 saturated carbocycles. The Morgan fingerprint density at radius 3 is 2.62 bits per heavy atom. The Kier molecular flexibility index (Phi) is 4.52. The van der Waals surface area contributed by atoms with Crippen LogP contribution < -0.4 is 10.0 Å². The highest BCUT2D eigenvalue weighted by Crippen LogP contribution is 2.19. The Bertz CT molecular complexity index is 764. The Balaban J connectivity index is 2.31. The molecular formula is C14H14N4O2S. The summed E-state index contributed by atoms with van der Waals surface area (Å²) in [5, 5.41) is 11.7. The summed E-state index contributed by atoms with van der Waals surface area (Å²) >= 11 is 0. The number of aromatic nitrogens is 1. The number of benzene rings is 1. The molecule has 0 radical (unpaired) electrons.